The lowest BCUT2D eigenvalue weighted by Gasteiger charge is -2.14. The number of hydrogen-bond donors (Lipinski definition) is 1. The summed E-state index contributed by atoms with van der Waals surface area (Å²) in [4.78, 5) is 30.0. The summed E-state index contributed by atoms with van der Waals surface area (Å²) in [6, 6.07) is 15.3. The highest BCUT2D eigenvalue weighted by atomic mass is 16.5. The van der Waals surface area contributed by atoms with Gasteiger partial charge in [0, 0.05) is 5.39 Å². The van der Waals surface area contributed by atoms with Crippen LogP contribution in [0.3, 0.4) is 0 Å². The van der Waals surface area contributed by atoms with Gasteiger partial charge in [-0.05, 0) is 68.7 Å². The highest BCUT2D eigenvalue weighted by molar-refractivity contribution is 6.01. The van der Waals surface area contributed by atoms with Crippen LogP contribution in [0.1, 0.15) is 34.0 Å². The molecule has 0 saturated heterocycles. The zero-order valence-electron chi connectivity index (χ0n) is 19.6. The number of para-hydroxylation sites is 1. The van der Waals surface area contributed by atoms with Gasteiger partial charge >= 0.3 is 5.97 Å². The number of pyridine rings is 1. The minimum Gasteiger partial charge on any atom is -0.483 e. The molecule has 4 rings (SSSR count). The normalized spacial score (nSPS) is 10.8. The first-order valence-corrected chi connectivity index (χ1v) is 11.0. The Bertz CT molecular complexity index is 1380. The SMILES string of the molecule is CCOC(=O)c1cnn(-c2ccc3ccccc3n2)c1NC(=O)COc1cc(C)cc(C)c1C. The summed E-state index contributed by atoms with van der Waals surface area (Å²) in [6.45, 7) is 7.59. The van der Waals surface area contributed by atoms with Crippen LogP contribution in [-0.4, -0.2) is 39.9 Å². The molecule has 0 aliphatic heterocycles. The van der Waals surface area contributed by atoms with Crippen molar-refractivity contribution in [2.75, 3.05) is 18.5 Å². The fraction of sp³-hybridized carbons (Fsp3) is 0.231. The maximum absolute atomic E-state index is 12.8. The van der Waals surface area contributed by atoms with Gasteiger partial charge in [0.15, 0.2) is 18.2 Å². The number of fused-ring (bicyclic) bond motifs is 1. The van der Waals surface area contributed by atoms with Gasteiger partial charge in [-0.1, -0.05) is 24.3 Å². The molecule has 0 spiro atoms. The van der Waals surface area contributed by atoms with Crippen molar-refractivity contribution in [3.8, 4) is 11.6 Å². The summed E-state index contributed by atoms with van der Waals surface area (Å²) in [5, 5.41) is 8.03. The Morgan fingerprint density at radius 1 is 1.06 bits per heavy atom. The molecular weight excluding hydrogens is 432 g/mol. The number of aryl methyl sites for hydroxylation is 2. The monoisotopic (exact) mass is 458 g/mol. The lowest BCUT2D eigenvalue weighted by atomic mass is 10.1. The Kier molecular flexibility index (Phi) is 6.58. The van der Waals surface area contributed by atoms with Crippen molar-refractivity contribution < 1.29 is 19.1 Å². The zero-order chi connectivity index (χ0) is 24.2. The van der Waals surface area contributed by atoms with E-state index in [1.807, 2.05) is 57.2 Å². The van der Waals surface area contributed by atoms with Crippen LogP contribution in [0, 0.1) is 20.8 Å². The minimum atomic E-state index is -0.587. The van der Waals surface area contributed by atoms with E-state index in [0.29, 0.717) is 11.6 Å². The highest BCUT2D eigenvalue weighted by Gasteiger charge is 2.22. The van der Waals surface area contributed by atoms with Crippen LogP contribution in [0.25, 0.3) is 16.7 Å². The summed E-state index contributed by atoms with van der Waals surface area (Å²) < 4.78 is 12.3. The molecule has 34 heavy (non-hydrogen) atoms. The number of carbonyl (C=O) groups excluding carboxylic acids is 2. The molecule has 0 radical (unpaired) electrons. The van der Waals surface area contributed by atoms with Crippen LogP contribution in [0.2, 0.25) is 0 Å². The van der Waals surface area contributed by atoms with E-state index in [2.05, 4.69) is 21.5 Å². The van der Waals surface area contributed by atoms with Gasteiger partial charge in [0.25, 0.3) is 5.91 Å². The fourth-order valence-electron chi connectivity index (χ4n) is 3.64. The number of amides is 1. The van der Waals surface area contributed by atoms with Gasteiger partial charge in [0.05, 0.1) is 18.3 Å². The number of nitrogens with zero attached hydrogens (tertiary/aromatic N) is 3. The largest absolute Gasteiger partial charge is 0.483 e. The number of rotatable bonds is 7. The van der Waals surface area contributed by atoms with Crippen LogP contribution in [0.5, 0.6) is 5.75 Å². The van der Waals surface area contributed by atoms with Crippen molar-refractivity contribution >= 4 is 28.6 Å². The third kappa shape index (κ3) is 4.76. The third-order valence-electron chi connectivity index (χ3n) is 5.45. The molecule has 0 unspecified atom stereocenters. The molecule has 1 N–H and O–H groups in total. The van der Waals surface area contributed by atoms with Crippen LogP contribution >= 0.6 is 0 Å². The minimum absolute atomic E-state index is 0.132. The van der Waals surface area contributed by atoms with Gasteiger partial charge in [-0.2, -0.15) is 9.78 Å². The Morgan fingerprint density at radius 3 is 2.65 bits per heavy atom. The molecule has 0 fully saturated rings. The Hall–Kier alpha value is -4.20. The van der Waals surface area contributed by atoms with Gasteiger partial charge < -0.3 is 14.8 Å². The molecule has 0 saturated carbocycles. The zero-order valence-corrected chi connectivity index (χ0v) is 19.6. The van der Waals surface area contributed by atoms with E-state index in [-0.39, 0.29) is 24.6 Å². The van der Waals surface area contributed by atoms with Crippen LogP contribution in [-0.2, 0) is 9.53 Å². The molecule has 0 aliphatic carbocycles. The first kappa shape index (κ1) is 23.0. The number of hydrogen-bond acceptors (Lipinski definition) is 6. The van der Waals surface area contributed by atoms with Gasteiger partial charge in [0.1, 0.15) is 11.3 Å². The van der Waals surface area contributed by atoms with Gasteiger partial charge in [-0.3, -0.25) is 4.79 Å². The lowest BCUT2D eigenvalue weighted by Crippen LogP contribution is -2.24. The fourth-order valence-corrected chi connectivity index (χ4v) is 3.64. The number of ether oxygens (including phenoxy) is 2. The van der Waals surface area contributed by atoms with Crippen molar-refractivity contribution in [3.63, 3.8) is 0 Å². The van der Waals surface area contributed by atoms with E-state index in [9.17, 15) is 9.59 Å². The van der Waals surface area contributed by atoms with Gasteiger partial charge in [-0.15, -0.1) is 0 Å². The predicted octanol–water partition coefficient (Wildman–Crippen LogP) is 4.54. The van der Waals surface area contributed by atoms with E-state index in [4.69, 9.17) is 9.47 Å². The number of nitrogens with one attached hydrogen (secondary N) is 1. The van der Waals surface area contributed by atoms with E-state index < -0.39 is 11.9 Å². The summed E-state index contributed by atoms with van der Waals surface area (Å²) in [7, 11) is 0. The average Bonchev–Trinajstić information content (AvgIpc) is 3.23. The summed E-state index contributed by atoms with van der Waals surface area (Å²) >= 11 is 0. The van der Waals surface area contributed by atoms with E-state index in [0.717, 1.165) is 27.6 Å². The van der Waals surface area contributed by atoms with Crippen LogP contribution in [0.15, 0.2) is 54.7 Å². The predicted molar refractivity (Wildman–Crippen MR) is 130 cm³/mol. The van der Waals surface area contributed by atoms with E-state index in [1.165, 1.54) is 10.9 Å². The van der Waals surface area contributed by atoms with Crippen molar-refractivity contribution in [1.82, 2.24) is 14.8 Å². The van der Waals surface area contributed by atoms with Crippen molar-refractivity contribution in [2.45, 2.75) is 27.7 Å². The maximum Gasteiger partial charge on any atom is 0.343 e. The standard InChI is InChI=1S/C26H26N4O4/c1-5-33-26(32)20-14-27-30(23-11-10-19-8-6-7-9-21(19)28-23)25(20)29-24(31)15-34-22-13-16(2)12-17(3)18(22)4/h6-14H,5,15H2,1-4H3,(H,29,31). The lowest BCUT2D eigenvalue weighted by molar-refractivity contribution is -0.118. The van der Waals surface area contributed by atoms with E-state index in [1.54, 1.807) is 13.0 Å². The maximum atomic E-state index is 12.8. The quantitative estimate of drug-likeness (QED) is 0.409. The highest BCUT2D eigenvalue weighted by Crippen LogP contribution is 2.25. The molecular formula is C26H26N4O4. The molecule has 1 amide bonds. The Labute approximate surface area is 197 Å². The third-order valence-corrected chi connectivity index (χ3v) is 5.45. The Morgan fingerprint density at radius 2 is 1.85 bits per heavy atom. The summed E-state index contributed by atoms with van der Waals surface area (Å²) in [5.41, 5.74) is 3.99. The first-order valence-electron chi connectivity index (χ1n) is 11.0. The molecule has 0 atom stereocenters. The first-order chi connectivity index (χ1) is 16.4. The van der Waals surface area contributed by atoms with Crippen LogP contribution in [0.4, 0.5) is 5.82 Å². The molecule has 0 aliphatic rings. The second kappa shape index (κ2) is 9.74. The smallest absolute Gasteiger partial charge is 0.343 e. The summed E-state index contributed by atoms with van der Waals surface area (Å²) in [5.74, 6) is 0.244. The average molecular weight is 459 g/mol. The number of benzene rings is 2. The number of aromatic nitrogens is 3. The number of anilines is 1. The van der Waals surface area contributed by atoms with Crippen LogP contribution < -0.4 is 10.1 Å². The van der Waals surface area contributed by atoms with Gasteiger partial charge in [0.2, 0.25) is 0 Å². The summed E-state index contributed by atoms with van der Waals surface area (Å²) in [6.07, 6.45) is 1.36. The molecule has 2 aromatic carbocycles. The molecule has 2 heterocycles. The molecule has 174 valence electrons. The van der Waals surface area contributed by atoms with Crippen molar-refractivity contribution in [3.05, 3.63) is 77.0 Å². The number of carbonyl (C=O) groups is 2. The topological polar surface area (TPSA) is 95.3 Å². The number of esters is 1. The van der Waals surface area contributed by atoms with E-state index >= 15 is 0 Å². The second-order valence-electron chi connectivity index (χ2n) is 7.94. The molecule has 8 nitrogen and oxygen atoms in total. The van der Waals surface area contributed by atoms with Crippen molar-refractivity contribution in [2.24, 2.45) is 0 Å². The molecule has 0 bridgehead atoms. The second-order valence-corrected chi connectivity index (χ2v) is 7.94. The Balaban J connectivity index is 1.63. The molecule has 8 heteroatoms. The molecule has 4 aromatic rings. The van der Waals surface area contributed by atoms with Crippen molar-refractivity contribution in [1.29, 1.82) is 0 Å². The molecule has 2 aromatic heterocycles. The van der Waals surface area contributed by atoms with Gasteiger partial charge in [-0.25, -0.2) is 9.78 Å².